The molecule has 3 aromatic carbocycles. The van der Waals surface area contributed by atoms with Crippen molar-refractivity contribution < 1.29 is 18.0 Å². The number of benzene rings is 3. The molecule has 0 radical (unpaired) electrons. The summed E-state index contributed by atoms with van der Waals surface area (Å²) < 4.78 is 40.5. The molecule has 1 fully saturated rings. The van der Waals surface area contributed by atoms with Crippen molar-refractivity contribution in [3.8, 4) is 0 Å². The lowest BCUT2D eigenvalue weighted by Crippen LogP contribution is -2.48. The van der Waals surface area contributed by atoms with Gasteiger partial charge in [-0.05, 0) is 28.8 Å². The van der Waals surface area contributed by atoms with E-state index in [1.54, 1.807) is 6.07 Å². The van der Waals surface area contributed by atoms with Crippen molar-refractivity contribution in [2.45, 2.75) is 25.1 Å². The maximum absolute atomic E-state index is 13.5. The highest BCUT2D eigenvalue weighted by atomic mass is 19.4. The minimum Gasteiger partial charge on any atom is -0.361 e. The molecule has 0 saturated carbocycles. The molecule has 1 saturated heterocycles. The van der Waals surface area contributed by atoms with Crippen LogP contribution in [0.1, 0.15) is 34.6 Å². The van der Waals surface area contributed by atoms with E-state index < -0.39 is 17.7 Å². The van der Waals surface area contributed by atoms with Gasteiger partial charge in [0.15, 0.2) is 0 Å². The number of rotatable bonds is 6. The van der Waals surface area contributed by atoms with Crippen LogP contribution in [0, 0.1) is 0 Å². The van der Waals surface area contributed by atoms with Crippen LogP contribution in [0.4, 0.5) is 13.2 Å². The zero-order valence-electron chi connectivity index (χ0n) is 19.8. The monoisotopic (exact) mass is 491 g/mol. The van der Waals surface area contributed by atoms with Gasteiger partial charge in [-0.2, -0.15) is 13.2 Å². The van der Waals surface area contributed by atoms with Gasteiger partial charge in [-0.1, -0.05) is 66.7 Å². The fourth-order valence-electron chi connectivity index (χ4n) is 5.02. The summed E-state index contributed by atoms with van der Waals surface area (Å²) in [4.78, 5) is 20.8. The number of alkyl halides is 3. The third kappa shape index (κ3) is 5.31. The Morgan fingerprint density at radius 1 is 0.889 bits per heavy atom. The summed E-state index contributed by atoms with van der Waals surface area (Å²) in [6, 6.07) is 23.3. The number of H-pyrrole nitrogens is 1. The molecule has 0 aliphatic carbocycles. The van der Waals surface area contributed by atoms with Crippen LogP contribution in [0.25, 0.3) is 10.9 Å². The largest absolute Gasteiger partial charge is 0.416 e. The molecule has 4 aromatic rings. The van der Waals surface area contributed by atoms with E-state index >= 15 is 0 Å². The second kappa shape index (κ2) is 10.2. The number of nitrogens with zero attached hydrogens (tertiary/aromatic N) is 2. The molecule has 1 N–H and O–H groups in total. The Hall–Kier alpha value is -3.58. The zero-order chi connectivity index (χ0) is 25.1. The van der Waals surface area contributed by atoms with Gasteiger partial charge in [0.25, 0.3) is 0 Å². The Bertz CT molecular complexity index is 1320. The van der Waals surface area contributed by atoms with Crippen LogP contribution in [0.3, 0.4) is 0 Å². The second-order valence-electron chi connectivity index (χ2n) is 9.31. The Morgan fingerprint density at radius 2 is 1.61 bits per heavy atom. The van der Waals surface area contributed by atoms with E-state index in [-0.39, 0.29) is 12.3 Å². The highest BCUT2D eigenvalue weighted by Crippen LogP contribution is 2.37. The summed E-state index contributed by atoms with van der Waals surface area (Å²) in [7, 11) is 0. The summed E-state index contributed by atoms with van der Waals surface area (Å²) in [5.41, 5.74) is 2.76. The molecule has 5 rings (SSSR count). The van der Waals surface area contributed by atoms with Gasteiger partial charge in [0.05, 0.1) is 5.56 Å². The van der Waals surface area contributed by atoms with E-state index in [9.17, 15) is 18.0 Å². The average Bonchev–Trinajstić information content (AvgIpc) is 3.32. The van der Waals surface area contributed by atoms with Gasteiger partial charge in [0.1, 0.15) is 0 Å². The SMILES string of the molecule is O=C(C[C@@H](c1cccc(C(F)(F)F)c1)c1c[nH]c2ccccc12)N1CCN(Cc2ccccc2)CC1. The molecule has 2 heterocycles. The average molecular weight is 492 g/mol. The molecule has 7 heteroatoms. The maximum Gasteiger partial charge on any atom is 0.416 e. The first-order valence-electron chi connectivity index (χ1n) is 12.2. The van der Waals surface area contributed by atoms with E-state index in [1.165, 1.54) is 17.7 Å². The van der Waals surface area contributed by atoms with Gasteiger partial charge in [-0.3, -0.25) is 9.69 Å². The van der Waals surface area contributed by atoms with Crippen LogP contribution in [-0.4, -0.2) is 46.9 Å². The minimum absolute atomic E-state index is 0.0398. The molecule has 4 nitrogen and oxygen atoms in total. The molecule has 1 aromatic heterocycles. The number of fused-ring (bicyclic) bond motifs is 1. The fourth-order valence-corrected chi connectivity index (χ4v) is 5.02. The first kappa shape index (κ1) is 24.1. The van der Waals surface area contributed by atoms with Gasteiger partial charge in [-0.15, -0.1) is 0 Å². The Labute approximate surface area is 208 Å². The van der Waals surface area contributed by atoms with Crippen LogP contribution in [0.15, 0.2) is 85.1 Å². The number of carbonyl (C=O) groups is 1. The molecule has 0 spiro atoms. The quantitative estimate of drug-likeness (QED) is 0.357. The van der Waals surface area contributed by atoms with Gasteiger partial charge in [0.2, 0.25) is 5.91 Å². The number of aromatic nitrogens is 1. The van der Waals surface area contributed by atoms with Crippen molar-refractivity contribution in [1.82, 2.24) is 14.8 Å². The van der Waals surface area contributed by atoms with Crippen LogP contribution in [0.2, 0.25) is 0 Å². The molecule has 0 unspecified atom stereocenters. The van der Waals surface area contributed by atoms with Gasteiger partial charge < -0.3 is 9.88 Å². The number of halogens is 3. The fraction of sp³-hybridized carbons (Fsp3) is 0.276. The standard InChI is InChI=1S/C29H28F3N3O/c30-29(31,32)23-10-6-9-22(17-23)25(26-19-33-27-12-5-4-11-24(26)27)18-28(36)35-15-13-34(14-16-35)20-21-7-2-1-3-8-21/h1-12,17,19,25,33H,13-16,18,20H2/t25-/m0/s1. The van der Waals surface area contributed by atoms with Gasteiger partial charge in [0, 0.05) is 62.2 Å². The van der Waals surface area contributed by atoms with E-state index in [1.807, 2.05) is 53.6 Å². The highest BCUT2D eigenvalue weighted by Gasteiger charge is 2.32. The van der Waals surface area contributed by atoms with Crippen molar-refractivity contribution in [3.63, 3.8) is 0 Å². The first-order valence-corrected chi connectivity index (χ1v) is 12.2. The van der Waals surface area contributed by atoms with Crippen molar-refractivity contribution >= 4 is 16.8 Å². The molecule has 1 amide bonds. The Kier molecular flexibility index (Phi) is 6.83. The van der Waals surface area contributed by atoms with Crippen molar-refractivity contribution in [2.24, 2.45) is 0 Å². The van der Waals surface area contributed by atoms with E-state index in [0.29, 0.717) is 18.7 Å². The van der Waals surface area contributed by atoms with Crippen LogP contribution >= 0.6 is 0 Å². The molecule has 186 valence electrons. The number of piperazine rings is 1. The lowest BCUT2D eigenvalue weighted by atomic mass is 9.87. The lowest BCUT2D eigenvalue weighted by Gasteiger charge is -2.35. The van der Waals surface area contributed by atoms with Crippen molar-refractivity contribution in [3.05, 3.63) is 107 Å². The Balaban J connectivity index is 1.36. The van der Waals surface area contributed by atoms with E-state index in [2.05, 4.69) is 22.0 Å². The second-order valence-corrected chi connectivity index (χ2v) is 9.31. The molecule has 0 bridgehead atoms. The predicted octanol–water partition coefficient (Wildman–Crippen LogP) is 6.05. The van der Waals surface area contributed by atoms with Crippen LogP contribution in [-0.2, 0) is 17.5 Å². The van der Waals surface area contributed by atoms with E-state index in [4.69, 9.17) is 0 Å². The number of hydrogen-bond donors (Lipinski definition) is 1. The highest BCUT2D eigenvalue weighted by molar-refractivity contribution is 5.86. The molecule has 1 aliphatic heterocycles. The van der Waals surface area contributed by atoms with Crippen molar-refractivity contribution in [2.75, 3.05) is 26.2 Å². The number of carbonyl (C=O) groups excluding carboxylic acids is 1. The molecule has 36 heavy (non-hydrogen) atoms. The Morgan fingerprint density at radius 3 is 2.36 bits per heavy atom. The third-order valence-electron chi connectivity index (χ3n) is 6.97. The number of amides is 1. The maximum atomic E-state index is 13.5. The lowest BCUT2D eigenvalue weighted by molar-refractivity contribution is -0.137. The number of hydrogen-bond acceptors (Lipinski definition) is 2. The third-order valence-corrected chi connectivity index (χ3v) is 6.97. The smallest absolute Gasteiger partial charge is 0.361 e. The number of para-hydroxylation sites is 1. The minimum atomic E-state index is -4.44. The summed E-state index contributed by atoms with van der Waals surface area (Å²) in [6.07, 6.45) is -2.51. The van der Waals surface area contributed by atoms with Crippen LogP contribution in [0.5, 0.6) is 0 Å². The first-order chi connectivity index (χ1) is 17.4. The van der Waals surface area contributed by atoms with Gasteiger partial charge in [-0.25, -0.2) is 0 Å². The summed E-state index contributed by atoms with van der Waals surface area (Å²) in [5, 5.41) is 0.917. The predicted molar refractivity (Wildman–Crippen MR) is 135 cm³/mol. The number of aromatic amines is 1. The molecular formula is C29H28F3N3O. The van der Waals surface area contributed by atoms with Crippen LogP contribution < -0.4 is 0 Å². The summed E-state index contributed by atoms with van der Waals surface area (Å²) >= 11 is 0. The normalized spacial score (nSPS) is 15.8. The topological polar surface area (TPSA) is 39.3 Å². The molecule has 1 atom stereocenters. The molecule has 1 aliphatic rings. The summed E-state index contributed by atoms with van der Waals surface area (Å²) in [6.45, 7) is 3.58. The molecular weight excluding hydrogens is 463 g/mol. The summed E-state index contributed by atoms with van der Waals surface area (Å²) in [5.74, 6) is -0.527. The van der Waals surface area contributed by atoms with E-state index in [0.717, 1.165) is 42.2 Å². The zero-order valence-corrected chi connectivity index (χ0v) is 19.8. The van der Waals surface area contributed by atoms with Gasteiger partial charge >= 0.3 is 6.18 Å². The van der Waals surface area contributed by atoms with Crippen molar-refractivity contribution in [1.29, 1.82) is 0 Å². The number of nitrogens with one attached hydrogen (secondary N) is 1.